The van der Waals surface area contributed by atoms with E-state index in [1.165, 1.54) is 103 Å². The number of carbonyl (C=O) groups excluding carboxylic acids is 4. The minimum absolute atomic E-state index is 0.000485. The molecule has 0 aromatic carbocycles. The number of hydrogen-bond acceptors (Lipinski definition) is 8. The van der Waals surface area contributed by atoms with E-state index in [0.717, 1.165) is 19.3 Å². The minimum atomic E-state index is -0.871. The fraction of sp³-hybridized carbons (Fsp3) is 0.920. The van der Waals surface area contributed by atoms with Crippen LogP contribution in [0.4, 0.5) is 0 Å². The van der Waals surface area contributed by atoms with Crippen molar-refractivity contribution >= 4 is 23.6 Å². The zero-order chi connectivity index (χ0) is 45.3. The van der Waals surface area contributed by atoms with Crippen molar-refractivity contribution in [1.82, 2.24) is 10.6 Å². The zero-order valence-corrected chi connectivity index (χ0v) is 41.0. The van der Waals surface area contributed by atoms with Gasteiger partial charge in [-0.2, -0.15) is 0 Å². The van der Waals surface area contributed by atoms with Gasteiger partial charge in [0.25, 0.3) is 0 Å². The van der Waals surface area contributed by atoms with Crippen LogP contribution < -0.4 is 10.6 Å². The summed E-state index contributed by atoms with van der Waals surface area (Å²) in [6.07, 6.45) is 24.9. The van der Waals surface area contributed by atoms with Gasteiger partial charge in [0.2, 0.25) is 11.8 Å². The summed E-state index contributed by atoms with van der Waals surface area (Å²) >= 11 is 0. The number of nitrogens with one attached hydrogen (secondary N) is 2. The first-order chi connectivity index (χ1) is 28.5. The number of ketones is 1. The first-order valence-corrected chi connectivity index (χ1v) is 24.4. The largest absolute Gasteiger partial charge is 0.463 e. The molecular formula is C50H96N2O8. The predicted molar refractivity (Wildman–Crippen MR) is 247 cm³/mol. The van der Waals surface area contributed by atoms with Crippen LogP contribution in [0, 0.1) is 22.7 Å². The van der Waals surface area contributed by atoms with Crippen LogP contribution >= 0.6 is 0 Å². The van der Waals surface area contributed by atoms with Gasteiger partial charge >= 0.3 is 5.97 Å². The molecule has 2 amide bonds. The van der Waals surface area contributed by atoms with Crippen LogP contribution in [0.2, 0.25) is 0 Å². The van der Waals surface area contributed by atoms with Gasteiger partial charge in [0.1, 0.15) is 12.4 Å². The SMILES string of the molecule is CCCCCCCCCCCCCCCCCCOCCOCC(C)(CC(CC(CC)C(=O)NC(C)(C)CC(C)=O)C(=O)NC(CC)CC)CC(C)(C)C(=O)OCCOC. The Labute approximate surface area is 369 Å². The molecule has 0 heterocycles. The second-order valence-corrected chi connectivity index (χ2v) is 19.5. The highest BCUT2D eigenvalue weighted by Crippen LogP contribution is 2.41. The lowest BCUT2D eigenvalue weighted by Gasteiger charge is -2.39. The molecule has 0 bridgehead atoms. The molecule has 0 saturated carbocycles. The van der Waals surface area contributed by atoms with Gasteiger partial charge in [-0.1, -0.05) is 131 Å². The van der Waals surface area contributed by atoms with Crippen molar-refractivity contribution in [1.29, 1.82) is 0 Å². The molecule has 0 rings (SSSR count). The predicted octanol–water partition coefficient (Wildman–Crippen LogP) is 11.5. The van der Waals surface area contributed by atoms with Crippen molar-refractivity contribution in [3.8, 4) is 0 Å². The molecule has 10 nitrogen and oxygen atoms in total. The van der Waals surface area contributed by atoms with Crippen LogP contribution in [0.1, 0.15) is 217 Å². The Hall–Kier alpha value is -2.04. The van der Waals surface area contributed by atoms with Gasteiger partial charge in [0, 0.05) is 43.6 Å². The molecule has 354 valence electrons. The number of Topliss-reactive ketones (excluding diaryl/α,β-unsaturated/α-hetero) is 1. The normalized spacial score (nSPS) is 14.1. The van der Waals surface area contributed by atoms with E-state index >= 15 is 0 Å². The lowest BCUT2D eigenvalue weighted by Crippen LogP contribution is -2.48. The molecule has 2 N–H and O–H groups in total. The third-order valence-electron chi connectivity index (χ3n) is 11.9. The molecule has 0 radical (unpaired) electrons. The summed E-state index contributed by atoms with van der Waals surface area (Å²) in [5.74, 6) is -1.54. The van der Waals surface area contributed by atoms with Gasteiger partial charge in [0.05, 0.1) is 31.8 Å². The smallest absolute Gasteiger partial charge is 0.311 e. The first-order valence-electron chi connectivity index (χ1n) is 24.4. The van der Waals surface area contributed by atoms with E-state index in [1.54, 1.807) is 7.11 Å². The van der Waals surface area contributed by atoms with Crippen molar-refractivity contribution < 1.29 is 38.1 Å². The van der Waals surface area contributed by atoms with Gasteiger partial charge in [0.15, 0.2) is 0 Å². The first kappa shape index (κ1) is 58.0. The standard InChI is InChI=1S/C50H96N2O8/c1-12-16-17-18-19-20-21-22-23-24-25-26-27-28-29-30-31-58-33-34-59-40-50(10,39-48(6,7)47(56)60-35-32-57-11)38-43(45(54)51-44(14-3)15-4)36-42(13-2)46(55)52-49(8,9)37-41(5)53/h42-44H,12-40H2,1-11H3,(H,51,54)(H,52,55). The Bertz CT molecular complexity index is 1120. The highest BCUT2D eigenvalue weighted by molar-refractivity contribution is 5.84. The Morgan fingerprint density at radius 3 is 1.58 bits per heavy atom. The van der Waals surface area contributed by atoms with Crippen LogP contribution in [0.15, 0.2) is 0 Å². The van der Waals surface area contributed by atoms with Crippen molar-refractivity contribution in [2.45, 2.75) is 228 Å². The molecule has 0 fully saturated rings. The molecule has 0 aromatic rings. The Morgan fingerprint density at radius 2 is 1.10 bits per heavy atom. The van der Waals surface area contributed by atoms with Crippen molar-refractivity contribution in [2.24, 2.45) is 22.7 Å². The van der Waals surface area contributed by atoms with Crippen molar-refractivity contribution in [3.63, 3.8) is 0 Å². The number of carbonyl (C=O) groups is 4. The Morgan fingerprint density at radius 1 is 0.583 bits per heavy atom. The summed E-state index contributed by atoms with van der Waals surface area (Å²) in [6, 6.07) is 0.0182. The summed E-state index contributed by atoms with van der Waals surface area (Å²) in [5, 5.41) is 6.33. The second-order valence-electron chi connectivity index (χ2n) is 19.5. The van der Waals surface area contributed by atoms with Crippen LogP contribution in [0.5, 0.6) is 0 Å². The number of ether oxygens (including phenoxy) is 4. The van der Waals surface area contributed by atoms with E-state index in [4.69, 9.17) is 18.9 Å². The quantitative estimate of drug-likeness (QED) is 0.0459. The Kier molecular flexibility index (Phi) is 33.3. The van der Waals surface area contributed by atoms with Gasteiger partial charge in [-0.15, -0.1) is 0 Å². The van der Waals surface area contributed by atoms with Crippen LogP contribution in [-0.2, 0) is 38.1 Å². The highest BCUT2D eigenvalue weighted by atomic mass is 16.6. The summed E-state index contributed by atoms with van der Waals surface area (Å²) < 4.78 is 23.0. The van der Waals surface area contributed by atoms with Gasteiger partial charge in [-0.05, 0) is 85.0 Å². The number of hydrogen-bond donors (Lipinski definition) is 2. The fourth-order valence-electron chi connectivity index (χ4n) is 8.62. The number of rotatable bonds is 41. The van der Waals surface area contributed by atoms with E-state index < -0.39 is 28.2 Å². The average molecular weight is 853 g/mol. The van der Waals surface area contributed by atoms with Gasteiger partial charge < -0.3 is 29.6 Å². The number of amides is 2. The Balaban J connectivity index is 5.38. The van der Waals surface area contributed by atoms with Gasteiger partial charge in [-0.3, -0.25) is 19.2 Å². The fourth-order valence-corrected chi connectivity index (χ4v) is 8.62. The number of methoxy groups -OCH3 is 1. The molecule has 0 aromatic heterocycles. The van der Waals surface area contributed by atoms with E-state index in [1.807, 2.05) is 34.6 Å². The third-order valence-corrected chi connectivity index (χ3v) is 11.9. The molecule has 0 spiro atoms. The molecule has 3 unspecified atom stereocenters. The molecule has 0 aliphatic heterocycles. The van der Waals surface area contributed by atoms with E-state index in [9.17, 15) is 19.2 Å². The maximum Gasteiger partial charge on any atom is 0.311 e. The number of esters is 1. The maximum atomic E-state index is 14.1. The second kappa shape index (κ2) is 34.4. The zero-order valence-electron chi connectivity index (χ0n) is 41.0. The van der Waals surface area contributed by atoms with E-state index in [2.05, 4.69) is 38.3 Å². The van der Waals surface area contributed by atoms with Gasteiger partial charge in [-0.25, -0.2) is 0 Å². The van der Waals surface area contributed by atoms with Crippen LogP contribution in [0.25, 0.3) is 0 Å². The molecule has 0 aliphatic carbocycles. The summed E-state index contributed by atoms with van der Waals surface area (Å²) in [6.45, 7) is 21.8. The molecule has 0 aliphatic rings. The minimum Gasteiger partial charge on any atom is -0.463 e. The molecule has 3 atom stereocenters. The third kappa shape index (κ3) is 29.3. The number of unbranched alkanes of at least 4 members (excludes halogenated alkanes) is 15. The van der Waals surface area contributed by atoms with E-state index in [0.29, 0.717) is 58.7 Å². The maximum absolute atomic E-state index is 14.1. The van der Waals surface area contributed by atoms with Crippen LogP contribution in [-0.4, -0.2) is 81.9 Å². The highest BCUT2D eigenvalue weighted by Gasteiger charge is 2.42. The topological polar surface area (TPSA) is 129 Å². The summed E-state index contributed by atoms with van der Waals surface area (Å²) in [5.41, 5.74) is -2.19. The van der Waals surface area contributed by atoms with E-state index in [-0.39, 0.29) is 42.6 Å². The molecule has 60 heavy (non-hydrogen) atoms. The lowest BCUT2D eigenvalue weighted by molar-refractivity contribution is -0.158. The summed E-state index contributed by atoms with van der Waals surface area (Å²) in [4.78, 5) is 53.1. The monoisotopic (exact) mass is 853 g/mol. The molecule has 0 saturated heterocycles. The van der Waals surface area contributed by atoms with Crippen molar-refractivity contribution in [3.05, 3.63) is 0 Å². The van der Waals surface area contributed by atoms with Crippen LogP contribution in [0.3, 0.4) is 0 Å². The molecule has 10 heteroatoms. The average Bonchev–Trinajstić information content (AvgIpc) is 3.18. The molecular weight excluding hydrogens is 757 g/mol. The lowest BCUT2D eigenvalue weighted by atomic mass is 9.68. The van der Waals surface area contributed by atoms with Crippen molar-refractivity contribution in [2.75, 3.05) is 46.8 Å². The summed E-state index contributed by atoms with van der Waals surface area (Å²) in [7, 11) is 1.57.